The van der Waals surface area contributed by atoms with Crippen molar-refractivity contribution in [2.75, 3.05) is 5.32 Å². The molecule has 2 heterocycles. The standard InChI is InChI=1S/C21H18N2O2S/c1-14(24)22-16-7-4-6-15(12-16)18-13-21(19-9-5-11-25-19)26-20-10-3-2-8-17(20)23-18/h2-12,21H,13H2,1H3,(H,22,24)/t21-/m1/s1. The van der Waals surface area contributed by atoms with Crippen molar-refractivity contribution < 1.29 is 9.21 Å². The van der Waals surface area contributed by atoms with Crippen molar-refractivity contribution in [3.05, 3.63) is 78.3 Å². The smallest absolute Gasteiger partial charge is 0.221 e. The topological polar surface area (TPSA) is 54.6 Å². The zero-order valence-electron chi connectivity index (χ0n) is 14.3. The summed E-state index contributed by atoms with van der Waals surface area (Å²) in [6.45, 7) is 1.51. The molecule has 0 radical (unpaired) electrons. The van der Waals surface area contributed by atoms with Gasteiger partial charge in [-0.25, -0.2) is 0 Å². The molecule has 5 heteroatoms. The summed E-state index contributed by atoms with van der Waals surface area (Å²) in [5.41, 5.74) is 3.73. The van der Waals surface area contributed by atoms with Crippen molar-refractivity contribution in [2.45, 2.75) is 23.5 Å². The summed E-state index contributed by atoms with van der Waals surface area (Å²) in [5.74, 6) is 0.858. The molecule has 1 aliphatic rings. The number of nitrogens with one attached hydrogen (secondary N) is 1. The minimum absolute atomic E-state index is 0.0840. The molecule has 0 bridgehead atoms. The number of aliphatic imine (C=N–C) groups is 1. The van der Waals surface area contributed by atoms with E-state index in [4.69, 9.17) is 9.41 Å². The zero-order chi connectivity index (χ0) is 17.9. The fraction of sp³-hybridized carbons (Fsp3) is 0.143. The second-order valence-electron chi connectivity index (χ2n) is 6.11. The summed E-state index contributed by atoms with van der Waals surface area (Å²) in [7, 11) is 0. The minimum atomic E-state index is -0.0840. The summed E-state index contributed by atoms with van der Waals surface area (Å²) in [5, 5.41) is 2.99. The number of fused-ring (bicyclic) bond motifs is 1. The monoisotopic (exact) mass is 362 g/mol. The Kier molecular flexibility index (Phi) is 4.63. The molecular weight excluding hydrogens is 344 g/mol. The summed E-state index contributed by atoms with van der Waals surface area (Å²) in [6, 6.07) is 19.9. The van der Waals surface area contributed by atoms with Crippen LogP contribution in [-0.4, -0.2) is 11.6 Å². The molecule has 4 rings (SSSR count). The Balaban J connectivity index is 1.76. The van der Waals surface area contributed by atoms with E-state index in [-0.39, 0.29) is 11.2 Å². The van der Waals surface area contributed by atoms with E-state index in [0.717, 1.165) is 39.7 Å². The highest BCUT2D eigenvalue weighted by atomic mass is 32.2. The fourth-order valence-corrected chi connectivity index (χ4v) is 4.20. The summed E-state index contributed by atoms with van der Waals surface area (Å²) < 4.78 is 5.67. The van der Waals surface area contributed by atoms with Crippen LogP contribution in [0.3, 0.4) is 0 Å². The van der Waals surface area contributed by atoms with Crippen LogP contribution in [0.25, 0.3) is 0 Å². The lowest BCUT2D eigenvalue weighted by Crippen LogP contribution is -2.08. The quantitative estimate of drug-likeness (QED) is 0.660. The molecular formula is C21H18N2O2S. The number of thioether (sulfide) groups is 1. The van der Waals surface area contributed by atoms with Gasteiger partial charge in [-0.15, -0.1) is 11.8 Å². The molecule has 0 saturated heterocycles. The van der Waals surface area contributed by atoms with Gasteiger partial charge in [0.2, 0.25) is 5.91 Å². The second kappa shape index (κ2) is 7.22. The first-order valence-corrected chi connectivity index (χ1v) is 9.32. The van der Waals surface area contributed by atoms with E-state index in [2.05, 4.69) is 11.4 Å². The van der Waals surface area contributed by atoms with E-state index in [0.29, 0.717) is 0 Å². The number of anilines is 1. The molecule has 1 aromatic heterocycles. The van der Waals surface area contributed by atoms with Gasteiger partial charge in [0, 0.05) is 29.6 Å². The van der Waals surface area contributed by atoms with Crippen LogP contribution in [0.2, 0.25) is 0 Å². The highest BCUT2D eigenvalue weighted by molar-refractivity contribution is 7.99. The number of benzene rings is 2. The van der Waals surface area contributed by atoms with Gasteiger partial charge in [-0.1, -0.05) is 24.3 Å². The van der Waals surface area contributed by atoms with Crippen LogP contribution < -0.4 is 5.32 Å². The summed E-state index contributed by atoms with van der Waals surface area (Å²) in [4.78, 5) is 17.4. The van der Waals surface area contributed by atoms with Crippen molar-refractivity contribution in [1.82, 2.24) is 0 Å². The maximum absolute atomic E-state index is 11.4. The average Bonchev–Trinajstić information content (AvgIpc) is 3.09. The third kappa shape index (κ3) is 3.58. The summed E-state index contributed by atoms with van der Waals surface area (Å²) in [6.07, 6.45) is 2.46. The normalized spacial score (nSPS) is 16.3. The van der Waals surface area contributed by atoms with Crippen LogP contribution in [0, 0.1) is 0 Å². The third-order valence-corrected chi connectivity index (χ3v) is 5.43. The van der Waals surface area contributed by atoms with Crippen LogP contribution in [0.1, 0.15) is 29.9 Å². The highest BCUT2D eigenvalue weighted by Crippen LogP contribution is 2.45. The molecule has 3 aromatic rings. The first kappa shape index (κ1) is 16.7. The van der Waals surface area contributed by atoms with Gasteiger partial charge < -0.3 is 9.73 Å². The van der Waals surface area contributed by atoms with Gasteiger partial charge in [-0.2, -0.15) is 0 Å². The van der Waals surface area contributed by atoms with Gasteiger partial charge in [0.05, 0.1) is 17.2 Å². The molecule has 1 atom stereocenters. The predicted octanol–water partition coefficient (Wildman–Crippen LogP) is 5.60. The van der Waals surface area contributed by atoms with Crippen LogP contribution >= 0.6 is 11.8 Å². The Morgan fingerprint density at radius 2 is 2.04 bits per heavy atom. The SMILES string of the molecule is CC(=O)Nc1cccc(C2=Nc3ccccc3S[C@@H](c3ccco3)C2)c1. The molecule has 0 aliphatic carbocycles. The lowest BCUT2D eigenvalue weighted by atomic mass is 10.0. The van der Waals surface area contributed by atoms with Crippen LogP contribution in [0.15, 0.2) is 81.2 Å². The lowest BCUT2D eigenvalue weighted by Gasteiger charge is -2.13. The van der Waals surface area contributed by atoms with Gasteiger partial charge in [-0.3, -0.25) is 9.79 Å². The van der Waals surface area contributed by atoms with Gasteiger partial charge >= 0.3 is 0 Å². The molecule has 0 unspecified atom stereocenters. The molecule has 4 nitrogen and oxygen atoms in total. The van der Waals surface area contributed by atoms with E-state index in [9.17, 15) is 4.79 Å². The van der Waals surface area contributed by atoms with Crippen LogP contribution in [0.4, 0.5) is 11.4 Å². The Bertz CT molecular complexity index is 964. The first-order valence-electron chi connectivity index (χ1n) is 8.44. The number of rotatable bonds is 3. The van der Waals surface area contributed by atoms with Gasteiger partial charge in [0.15, 0.2) is 0 Å². The minimum Gasteiger partial charge on any atom is -0.468 e. The molecule has 1 amide bonds. The predicted molar refractivity (Wildman–Crippen MR) is 105 cm³/mol. The fourth-order valence-electron chi connectivity index (χ4n) is 3.01. The van der Waals surface area contributed by atoms with E-state index in [1.165, 1.54) is 6.92 Å². The zero-order valence-corrected chi connectivity index (χ0v) is 15.1. The maximum Gasteiger partial charge on any atom is 0.221 e. The number of hydrogen-bond donors (Lipinski definition) is 1. The Hall–Kier alpha value is -2.79. The molecule has 0 saturated carbocycles. The van der Waals surface area contributed by atoms with E-state index >= 15 is 0 Å². The van der Waals surface area contributed by atoms with Crippen molar-refractivity contribution in [3.63, 3.8) is 0 Å². The van der Waals surface area contributed by atoms with Gasteiger partial charge in [0.1, 0.15) is 5.76 Å². The lowest BCUT2D eigenvalue weighted by molar-refractivity contribution is -0.114. The van der Waals surface area contributed by atoms with Crippen LogP contribution in [-0.2, 0) is 4.79 Å². The highest BCUT2D eigenvalue weighted by Gasteiger charge is 2.24. The van der Waals surface area contributed by atoms with Crippen molar-refractivity contribution >= 4 is 34.8 Å². The number of furan rings is 1. The number of hydrogen-bond acceptors (Lipinski definition) is 4. The summed E-state index contributed by atoms with van der Waals surface area (Å²) >= 11 is 1.77. The van der Waals surface area contributed by atoms with Crippen LogP contribution in [0.5, 0.6) is 0 Å². The van der Waals surface area contributed by atoms with Crippen molar-refractivity contribution in [3.8, 4) is 0 Å². The molecule has 0 fully saturated rings. The second-order valence-corrected chi connectivity index (χ2v) is 7.36. The Morgan fingerprint density at radius 3 is 2.85 bits per heavy atom. The molecule has 2 aromatic carbocycles. The Morgan fingerprint density at radius 1 is 1.15 bits per heavy atom. The molecule has 26 heavy (non-hydrogen) atoms. The van der Waals surface area contributed by atoms with Gasteiger partial charge in [-0.05, 0) is 42.0 Å². The molecule has 1 N–H and O–H groups in total. The number of carbonyl (C=O) groups is 1. The van der Waals surface area contributed by atoms with Crippen molar-refractivity contribution in [2.24, 2.45) is 4.99 Å². The third-order valence-electron chi connectivity index (χ3n) is 4.15. The number of carbonyl (C=O) groups excluding carboxylic acids is 1. The van der Waals surface area contributed by atoms with E-state index < -0.39 is 0 Å². The molecule has 130 valence electrons. The largest absolute Gasteiger partial charge is 0.468 e. The van der Waals surface area contributed by atoms with E-state index in [1.54, 1.807) is 18.0 Å². The average molecular weight is 362 g/mol. The number of para-hydroxylation sites is 1. The van der Waals surface area contributed by atoms with Crippen molar-refractivity contribution in [1.29, 1.82) is 0 Å². The molecule has 1 aliphatic heterocycles. The number of amides is 1. The Labute approximate surface area is 156 Å². The first-order chi connectivity index (χ1) is 12.7. The van der Waals surface area contributed by atoms with Gasteiger partial charge in [0.25, 0.3) is 0 Å². The number of nitrogens with zero attached hydrogens (tertiary/aromatic N) is 1. The maximum atomic E-state index is 11.4. The molecule has 0 spiro atoms. The van der Waals surface area contributed by atoms with E-state index in [1.807, 2.05) is 54.6 Å².